The van der Waals surface area contributed by atoms with E-state index in [1.807, 2.05) is 47.0 Å². The Kier molecular flexibility index (Phi) is 9.07. The average molecular weight is 602 g/mol. The van der Waals surface area contributed by atoms with Crippen molar-refractivity contribution in [3.8, 4) is 0 Å². The van der Waals surface area contributed by atoms with Gasteiger partial charge in [-0.3, -0.25) is 0 Å². The van der Waals surface area contributed by atoms with E-state index in [-0.39, 0.29) is 0 Å². The van der Waals surface area contributed by atoms with Crippen LogP contribution in [0.3, 0.4) is 0 Å². The molecule has 0 radical (unpaired) electrons. The number of allylic oxidation sites excluding steroid dienone is 2. The molecule has 0 N–H and O–H groups in total. The number of thioether (sulfide) groups is 4. The summed E-state index contributed by atoms with van der Waals surface area (Å²) in [6, 6.07) is 0. The van der Waals surface area contributed by atoms with E-state index in [0.29, 0.717) is 59.8 Å². The van der Waals surface area contributed by atoms with Crippen LogP contribution in [0.25, 0.3) is 0 Å². The Hall–Kier alpha value is 2.44. The Bertz CT molecular complexity index is 426. The first-order valence-corrected chi connectivity index (χ1v) is 19.0. The molecule has 2 aliphatic rings. The van der Waals surface area contributed by atoms with Crippen LogP contribution in [0.1, 0.15) is 0 Å². The van der Waals surface area contributed by atoms with E-state index in [9.17, 15) is 0 Å². The van der Waals surface area contributed by atoms with Gasteiger partial charge in [-0.25, -0.2) is 0 Å². The van der Waals surface area contributed by atoms with Crippen LogP contribution in [0, 0.1) is 0 Å². The molecule has 0 spiro atoms. The van der Waals surface area contributed by atoms with Crippen LogP contribution in [-0.4, -0.2) is 59.8 Å². The van der Waals surface area contributed by atoms with Crippen LogP contribution in [0.5, 0.6) is 0 Å². The first kappa shape index (κ1) is 18.8. The molecule has 8 heteroatoms. The summed E-state index contributed by atoms with van der Waals surface area (Å²) in [7, 11) is 0. The van der Waals surface area contributed by atoms with Gasteiger partial charge in [0, 0.05) is 0 Å². The second kappa shape index (κ2) is 9.67. The average Bonchev–Trinajstić information content (AvgIpc) is 3.07. The Balaban J connectivity index is 2.01. The van der Waals surface area contributed by atoms with Crippen LogP contribution < -0.4 is 0 Å². The van der Waals surface area contributed by atoms with Crippen molar-refractivity contribution < 1.29 is 0 Å². The van der Waals surface area contributed by atoms with Gasteiger partial charge in [0.05, 0.1) is 0 Å². The Morgan fingerprint density at radius 2 is 0.800 bits per heavy atom. The zero-order valence-corrected chi connectivity index (χ0v) is 21.5. The maximum atomic E-state index is 2.35. The molecule has 0 amide bonds. The zero-order valence-electron chi connectivity index (χ0n) is 11.4. The quantitative estimate of drug-likeness (QED) is 0.411. The van der Waals surface area contributed by atoms with Gasteiger partial charge in [0.1, 0.15) is 0 Å². The topological polar surface area (TPSA) is 0 Å². The third-order valence-corrected chi connectivity index (χ3v) is 19.2. The van der Waals surface area contributed by atoms with Gasteiger partial charge >= 0.3 is 166 Å². The minimum atomic E-state index is 0.654. The second-order valence-corrected chi connectivity index (χ2v) is 17.3. The van der Waals surface area contributed by atoms with Crippen molar-refractivity contribution >= 4 is 107 Å². The predicted octanol–water partition coefficient (Wildman–Crippen LogP) is 4.89. The summed E-state index contributed by atoms with van der Waals surface area (Å²) in [5, 5.41) is 0. The molecule has 2 rings (SSSR count). The predicted molar refractivity (Wildman–Crippen MR) is 107 cm³/mol. The van der Waals surface area contributed by atoms with Crippen LogP contribution >= 0.6 is 47.0 Å². The summed E-state index contributed by atoms with van der Waals surface area (Å²) in [5.74, 6) is 9.34. The molecule has 2 aliphatic heterocycles. The van der Waals surface area contributed by atoms with Gasteiger partial charge in [0.15, 0.2) is 0 Å². The third kappa shape index (κ3) is 4.96. The van der Waals surface area contributed by atoms with Gasteiger partial charge in [-0.15, -0.1) is 0 Å². The normalized spacial score (nSPS) is 19.4. The van der Waals surface area contributed by atoms with Crippen molar-refractivity contribution in [2.24, 2.45) is 0 Å². The number of hydrogen-bond acceptors (Lipinski definition) is 4. The molecule has 0 nitrogen and oxygen atoms in total. The van der Waals surface area contributed by atoms with Gasteiger partial charge in [-0.2, -0.15) is 0 Å². The van der Waals surface area contributed by atoms with Crippen LogP contribution in [0.2, 0.25) is 23.3 Å². The van der Waals surface area contributed by atoms with E-state index in [0.717, 1.165) is 0 Å². The van der Waals surface area contributed by atoms with Crippen molar-refractivity contribution in [2.45, 2.75) is 23.3 Å². The minimum absolute atomic E-state index is 0.654. The summed E-state index contributed by atoms with van der Waals surface area (Å²) in [4.78, 5) is 0. The standard InChI is InChI=1S/C12H14S4Se4/c1-17-9-10(18-2)14-7(13-9)5-6-8-15-11(19-3)12(16-8)20-4/h5-6H,1-4H3. The molecule has 0 saturated carbocycles. The first-order valence-electron chi connectivity index (χ1n) is 5.49. The molecular formula is C12H14S4Se4. The van der Waals surface area contributed by atoms with Crippen molar-refractivity contribution in [1.82, 2.24) is 0 Å². The zero-order chi connectivity index (χ0) is 14.5. The molecule has 0 aliphatic carbocycles. The molecule has 2 heterocycles. The van der Waals surface area contributed by atoms with Crippen molar-refractivity contribution in [1.29, 1.82) is 0 Å². The van der Waals surface area contributed by atoms with E-state index in [1.165, 1.54) is 8.47 Å². The van der Waals surface area contributed by atoms with Crippen molar-refractivity contribution in [3.05, 3.63) is 35.8 Å². The Morgan fingerprint density at radius 3 is 1.00 bits per heavy atom. The van der Waals surface area contributed by atoms with Crippen LogP contribution in [-0.2, 0) is 0 Å². The van der Waals surface area contributed by atoms with Crippen LogP contribution in [0.4, 0.5) is 0 Å². The molecule has 0 unspecified atom stereocenters. The molecule has 0 fully saturated rings. The van der Waals surface area contributed by atoms with Gasteiger partial charge < -0.3 is 0 Å². The number of rotatable bonds is 5. The van der Waals surface area contributed by atoms with Crippen molar-refractivity contribution in [2.75, 3.05) is 0 Å². The summed E-state index contributed by atoms with van der Waals surface area (Å²) < 4.78 is 9.61. The monoisotopic (exact) mass is 606 g/mol. The van der Waals surface area contributed by atoms with Crippen molar-refractivity contribution in [3.63, 3.8) is 0 Å². The van der Waals surface area contributed by atoms with E-state index in [1.54, 1.807) is 15.2 Å². The maximum absolute atomic E-state index is 2.35. The van der Waals surface area contributed by atoms with Gasteiger partial charge in [-0.1, -0.05) is 0 Å². The van der Waals surface area contributed by atoms with E-state index >= 15 is 0 Å². The molecule has 0 atom stereocenters. The molecule has 0 aromatic heterocycles. The molecular weight excluding hydrogens is 588 g/mol. The van der Waals surface area contributed by atoms with Gasteiger partial charge in [0.25, 0.3) is 0 Å². The summed E-state index contributed by atoms with van der Waals surface area (Å²) in [6.07, 6.45) is 4.70. The van der Waals surface area contributed by atoms with Crippen LogP contribution in [0.15, 0.2) is 35.8 Å². The second-order valence-electron chi connectivity index (χ2n) is 3.35. The number of hydrogen-bond donors (Lipinski definition) is 0. The molecule has 0 aromatic carbocycles. The fourth-order valence-corrected chi connectivity index (χ4v) is 18.7. The molecule has 0 aromatic rings. The van der Waals surface area contributed by atoms with E-state index in [4.69, 9.17) is 0 Å². The summed E-state index contributed by atoms with van der Waals surface area (Å²) >= 11 is 10.7. The van der Waals surface area contributed by atoms with E-state index < -0.39 is 0 Å². The fraction of sp³-hybridized carbons (Fsp3) is 0.333. The van der Waals surface area contributed by atoms with Gasteiger partial charge in [-0.05, 0) is 0 Å². The van der Waals surface area contributed by atoms with E-state index in [2.05, 4.69) is 35.4 Å². The molecule has 0 saturated heterocycles. The van der Waals surface area contributed by atoms with Gasteiger partial charge in [0.2, 0.25) is 0 Å². The SMILES string of the molecule is C[Se]C1=C([Se]C)SC(=CC=C2SC([Se]C)=C([Se]C)S2)S1. The summed E-state index contributed by atoms with van der Waals surface area (Å²) in [5.41, 5.74) is 0. The Morgan fingerprint density at radius 1 is 0.550 bits per heavy atom. The Labute approximate surface area is 164 Å². The molecule has 0 bridgehead atoms. The first-order chi connectivity index (χ1) is 9.71. The summed E-state index contributed by atoms with van der Waals surface area (Å²) in [6.45, 7) is 0. The third-order valence-electron chi connectivity index (χ3n) is 2.20. The molecule has 110 valence electrons. The molecule has 20 heavy (non-hydrogen) atoms. The fourth-order valence-electron chi connectivity index (χ4n) is 1.35.